The minimum absolute atomic E-state index is 0.0738. The molecule has 2 heterocycles. The first-order valence-corrected chi connectivity index (χ1v) is 9.75. The van der Waals surface area contributed by atoms with Gasteiger partial charge in [-0.15, -0.1) is 0 Å². The van der Waals surface area contributed by atoms with Gasteiger partial charge in [-0.3, -0.25) is 9.48 Å². The van der Waals surface area contributed by atoms with Crippen molar-refractivity contribution >= 4 is 21.6 Å². The molecule has 0 bridgehead atoms. The quantitative estimate of drug-likeness (QED) is 0.646. The van der Waals surface area contributed by atoms with Gasteiger partial charge in [0.05, 0.1) is 11.2 Å². The van der Waals surface area contributed by atoms with Crippen LogP contribution in [-0.2, 0) is 14.8 Å². The van der Waals surface area contributed by atoms with Gasteiger partial charge < -0.3 is 9.73 Å². The molecule has 0 aliphatic carbocycles. The van der Waals surface area contributed by atoms with Crippen molar-refractivity contribution < 1.29 is 17.6 Å². The monoisotopic (exact) mass is 388 g/mol. The summed E-state index contributed by atoms with van der Waals surface area (Å²) in [7, 11) is -3.76. The van der Waals surface area contributed by atoms with Crippen LogP contribution in [-0.4, -0.2) is 30.7 Å². The number of furan rings is 1. The SMILES string of the molecule is CC(=O)Nc1ccc(S(=O)(=O)NCC(c2ccco2)n2cccn2)c(C)c1. The number of hydrogen-bond donors (Lipinski definition) is 2. The predicted molar refractivity (Wildman–Crippen MR) is 99.7 cm³/mol. The fourth-order valence-electron chi connectivity index (χ4n) is 2.77. The third kappa shape index (κ3) is 4.44. The molecule has 142 valence electrons. The van der Waals surface area contributed by atoms with Gasteiger partial charge in [0.1, 0.15) is 11.8 Å². The second kappa shape index (κ2) is 7.77. The summed E-state index contributed by atoms with van der Waals surface area (Å²) in [5.74, 6) is 0.378. The molecule has 1 amide bonds. The molecule has 3 rings (SSSR count). The number of carbonyl (C=O) groups excluding carboxylic acids is 1. The van der Waals surface area contributed by atoms with E-state index in [0.29, 0.717) is 17.0 Å². The van der Waals surface area contributed by atoms with Crippen molar-refractivity contribution in [2.75, 3.05) is 11.9 Å². The number of aryl methyl sites for hydroxylation is 1. The largest absolute Gasteiger partial charge is 0.467 e. The molecule has 27 heavy (non-hydrogen) atoms. The fraction of sp³-hybridized carbons (Fsp3) is 0.222. The molecule has 2 aromatic heterocycles. The first-order valence-electron chi connectivity index (χ1n) is 8.27. The summed E-state index contributed by atoms with van der Waals surface area (Å²) in [4.78, 5) is 11.3. The number of carbonyl (C=O) groups is 1. The first kappa shape index (κ1) is 18.9. The van der Waals surface area contributed by atoms with E-state index in [0.717, 1.165) is 0 Å². The number of nitrogens with one attached hydrogen (secondary N) is 2. The Morgan fingerprint density at radius 3 is 2.70 bits per heavy atom. The molecule has 0 radical (unpaired) electrons. The van der Waals surface area contributed by atoms with Gasteiger partial charge in [-0.05, 0) is 48.9 Å². The maximum absolute atomic E-state index is 12.8. The van der Waals surface area contributed by atoms with Crippen LogP contribution >= 0.6 is 0 Å². The molecular weight excluding hydrogens is 368 g/mol. The molecule has 0 saturated carbocycles. The van der Waals surface area contributed by atoms with E-state index in [9.17, 15) is 13.2 Å². The number of aromatic nitrogens is 2. The van der Waals surface area contributed by atoms with Gasteiger partial charge in [-0.1, -0.05) is 0 Å². The number of rotatable bonds is 7. The molecule has 1 aromatic carbocycles. The molecule has 2 N–H and O–H groups in total. The summed E-state index contributed by atoms with van der Waals surface area (Å²) in [6.07, 6.45) is 4.90. The minimum Gasteiger partial charge on any atom is -0.467 e. The molecule has 0 fully saturated rings. The highest BCUT2D eigenvalue weighted by atomic mass is 32.2. The number of sulfonamides is 1. The van der Waals surface area contributed by atoms with Crippen molar-refractivity contribution in [3.8, 4) is 0 Å². The fourth-order valence-corrected chi connectivity index (χ4v) is 4.03. The Morgan fingerprint density at radius 2 is 2.11 bits per heavy atom. The van der Waals surface area contributed by atoms with E-state index in [-0.39, 0.29) is 17.3 Å². The van der Waals surface area contributed by atoms with Gasteiger partial charge in [-0.2, -0.15) is 5.10 Å². The summed E-state index contributed by atoms with van der Waals surface area (Å²) >= 11 is 0. The van der Waals surface area contributed by atoms with Gasteiger partial charge >= 0.3 is 0 Å². The van der Waals surface area contributed by atoms with E-state index < -0.39 is 16.1 Å². The zero-order valence-electron chi connectivity index (χ0n) is 14.9. The topological polar surface area (TPSA) is 106 Å². The lowest BCUT2D eigenvalue weighted by Crippen LogP contribution is -2.32. The molecule has 1 atom stereocenters. The normalized spacial score (nSPS) is 12.7. The highest BCUT2D eigenvalue weighted by molar-refractivity contribution is 7.89. The number of amides is 1. The second-order valence-electron chi connectivity index (χ2n) is 6.03. The molecule has 1 unspecified atom stereocenters. The number of hydrogen-bond acceptors (Lipinski definition) is 5. The average molecular weight is 388 g/mol. The maximum atomic E-state index is 12.8. The van der Waals surface area contributed by atoms with Crippen LogP contribution in [0.1, 0.15) is 24.3 Å². The van der Waals surface area contributed by atoms with Crippen molar-refractivity contribution in [1.29, 1.82) is 0 Å². The molecular formula is C18H20N4O4S. The lowest BCUT2D eigenvalue weighted by atomic mass is 10.2. The van der Waals surface area contributed by atoms with Crippen LogP contribution in [0.15, 0.2) is 64.4 Å². The summed E-state index contributed by atoms with van der Waals surface area (Å²) in [5.41, 5.74) is 1.08. The molecule has 3 aromatic rings. The zero-order chi connectivity index (χ0) is 19.4. The average Bonchev–Trinajstić information content (AvgIpc) is 3.28. The highest BCUT2D eigenvalue weighted by Crippen LogP contribution is 2.22. The Kier molecular flexibility index (Phi) is 5.43. The Hall–Kier alpha value is -2.91. The van der Waals surface area contributed by atoms with Crippen molar-refractivity contribution in [2.24, 2.45) is 0 Å². The van der Waals surface area contributed by atoms with Gasteiger partial charge in [0, 0.05) is 31.5 Å². The van der Waals surface area contributed by atoms with Gasteiger partial charge in [0.15, 0.2) is 0 Å². The van der Waals surface area contributed by atoms with E-state index >= 15 is 0 Å². The van der Waals surface area contributed by atoms with E-state index in [1.54, 1.807) is 54.3 Å². The first-order chi connectivity index (χ1) is 12.9. The summed E-state index contributed by atoms with van der Waals surface area (Å²) in [6.45, 7) is 3.15. The molecule has 0 aliphatic rings. The van der Waals surface area contributed by atoms with Crippen LogP contribution in [0.4, 0.5) is 5.69 Å². The van der Waals surface area contributed by atoms with Crippen molar-refractivity contribution in [3.05, 3.63) is 66.4 Å². The summed E-state index contributed by atoms with van der Waals surface area (Å²) in [5, 5.41) is 6.82. The molecule has 0 aliphatic heterocycles. The van der Waals surface area contributed by atoms with Crippen molar-refractivity contribution in [3.63, 3.8) is 0 Å². The third-order valence-electron chi connectivity index (χ3n) is 3.97. The van der Waals surface area contributed by atoms with Crippen LogP contribution in [0.5, 0.6) is 0 Å². The van der Waals surface area contributed by atoms with Crippen LogP contribution < -0.4 is 10.0 Å². The Labute approximate surface area is 157 Å². The van der Waals surface area contributed by atoms with Crippen molar-refractivity contribution in [2.45, 2.75) is 24.8 Å². The lowest BCUT2D eigenvalue weighted by molar-refractivity contribution is -0.114. The summed E-state index contributed by atoms with van der Waals surface area (Å²) < 4.78 is 35.2. The van der Waals surface area contributed by atoms with Crippen LogP contribution in [0.3, 0.4) is 0 Å². The number of anilines is 1. The predicted octanol–water partition coefficient (Wildman–Crippen LogP) is 2.31. The molecule has 0 saturated heterocycles. The molecule has 9 heteroatoms. The van der Waals surface area contributed by atoms with E-state index in [4.69, 9.17) is 4.42 Å². The lowest BCUT2D eigenvalue weighted by Gasteiger charge is -2.17. The number of nitrogens with zero attached hydrogens (tertiary/aromatic N) is 2. The maximum Gasteiger partial charge on any atom is 0.240 e. The molecule has 0 spiro atoms. The summed E-state index contributed by atoms with van der Waals surface area (Å²) in [6, 6.07) is 9.50. The zero-order valence-corrected chi connectivity index (χ0v) is 15.7. The highest BCUT2D eigenvalue weighted by Gasteiger charge is 2.23. The Bertz CT molecular complexity index is 978. The smallest absolute Gasteiger partial charge is 0.240 e. The Balaban J connectivity index is 1.80. The van der Waals surface area contributed by atoms with E-state index in [1.807, 2.05) is 0 Å². The molecule has 8 nitrogen and oxygen atoms in total. The van der Waals surface area contributed by atoms with Crippen LogP contribution in [0.2, 0.25) is 0 Å². The minimum atomic E-state index is -3.76. The van der Waals surface area contributed by atoms with Gasteiger partial charge in [-0.25, -0.2) is 13.1 Å². The number of benzene rings is 1. The standard InChI is InChI=1S/C18H20N4O4S/c1-13-11-15(21-14(2)23)6-7-18(13)27(24,25)20-12-16(17-5-3-10-26-17)22-9-4-8-19-22/h3-11,16,20H,12H2,1-2H3,(H,21,23). The van der Waals surface area contributed by atoms with Gasteiger partial charge in [0.25, 0.3) is 0 Å². The third-order valence-corrected chi connectivity index (χ3v) is 5.55. The van der Waals surface area contributed by atoms with Crippen LogP contribution in [0.25, 0.3) is 0 Å². The van der Waals surface area contributed by atoms with E-state index in [2.05, 4.69) is 15.1 Å². The van der Waals surface area contributed by atoms with Gasteiger partial charge in [0.2, 0.25) is 15.9 Å². The van der Waals surface area contributed by atoms with Crippen molar-refractivity contribution in [1.82, 2.24) is 14.5 Å². The van der Waals surface area contributed by atoms with Crippen LogP contribution in [0, 0.1) is 6.92 Å². The second-order valence-corrected chi connectivity index (χ2v) is 7.77. The Morgan fingerprint density at radius 1 is 1.30 bits per heavy atom. The van der Waals surface area contributed by atoms with E-state index in [1.165, 1.54) is 19.3 Å².